The number of para-hydroxylation sites is 2. The number of rotatable bonds is 2. The molecule has 1 aromatic heterocycles. The Morgan fingerprint density at radius 1 is 0.870 bits per heavy atom. The maximum absolute atomic E-state index is 5.01. The molecule has 0 unspecified atom stereocenters. The number of hydrogen-bond acceptors (Lipinski definition) is 2. The van der Waals surface area contributed by atoms with Crippen LogP contribution >= 0.6 is 0 Å². The van der Waals surface area contributed by atoms with Crippen molar-refractivity contribution in [2.45, 2.75) is 32.1 Å². The van der Waals surface area contributed by atoms with Crippen LogP contribution in [0.4, 0.5) is 11.4 Å². The van der Waals surface area contributed by atoms with E-state index in [9.17, 15) is 0 Å². The van der Waals surface area contributed by atoms with Gasteiger partial charge in [-0.2, -0.15) is 0 Å². The van der Waals surface area contributed by atoms with Gasteiger partial charge in [0.1, 0.15) is 0 Å². The summed E-state index contributed by atoms with van der Waals surface area (Å²) in [6, 6.07) is 19.0. The number of benzene rings is 2. The lowest BCUT2D eigenvalue weighted by atomic mass is 9.83. The normalized spacial score (nSPS) is 17.9. The van der Waals surface area contributed by atoms with Gasteiger partial charge < -0.3 is 5.32 Å². The molecule has 1 fully saturated rings. The Labute approximate surface area is 136 Å². The van der Waals surface area contributed by atoms with E-state index in [4.69, 9.17) is 4.98 Å². The fourth-order valence-electron chi connectivity index (χ4n) is 3.96. The smallest absolute Gasteiger partial charge is 0.0726 e. The fraction of sp³-hybridized carbons (Fsp3) is 0.286. The predicted molar refractivity (Wildman–Crippen MR) is 95.2 cm³/mol. The summed E-state index contributed by atoms with van der Waals surface area (Å²) in [5, 5.41) is 4.92. The fourth-order valence-corrected chi connectivity index (χ4v) is 3.96. The summed E-state index contributed by atoms with van der Waals surface area (Å²) in [5.74, 6) is 0. The highest BCUT2D eigenvalue weighted by atomic mass is 14.9. The Morgan fingerprint density at radius 2 is 1.65 bits per heavy atom. The van der Waals surface area contributed by atoms with E-state index in [2.05, 4.69) is 59.9 Å². The zero-order valence-electron chi connectivity index (χ0n) is 13.2. The van der Waals surface area contributed by atoms with Crippen LogP contribution in [0.5, 0.6) is 0 Å². The molecule has 2 nitrogen and oxygen atoms in total. The predicted octanol–water partition coefficient (Wildman–Crippen LogP) is 5.25. The van der Waals surface area contributed by atoms with Crippen LogP contribution in [0.15, 0.2) is 54.6 Å². The van der Waals surface area contributed by atoms with Gasteiger partial charge in [-0.1, -0.05) is 36.4 Å². The molecular weight excluding hydrogens is 280 g/mol. The summed E-state index contributed by atoms with van der Waals surface area (Å²) < 4.78 is 0. The second kappa shape index (κ2) is 4.82. The van der Waals surface area contributed by atoms with E-state index >= 15 is 0 Å². The first kappa shape index (κ1) is 13.1. The molecule has 114 valence electrons. The molecule has 5 rings (SSSR count). The van der Waals surface area contributed by atoms with Gasteiger partial charge in [0.2, 0.25) is 0 Å². The van der Waals surface area contributed by atoms with Gasteiger partial charge in [0.05, 0.1) is 11.2 Å². The standard InChI is InChI=1S/C21H20N2/c1-2-6-15(7-3-1)22-20-16-8-4-5-9-18(16)23-19-14-21(12-13-21)11-10-17(19)20/h1-9H,10-14H2,(H,22,23). The molecule has 2 aliphatic carbocycles. The molecule has 2 aromatic carbocycles. The van der Waals surface area contributed by atoms with Gasteiger partial charge in [0, 0.05) is 16.8 Å². The Bertz CT molecular complexity index is 879. The van der Waals surface area contributed by atoms with Crippen LogP contribution in [0.25, 0.3) is 10.9 Å². The zero-order chi connectivity index (χ0) is 15.3. The lowest BCUT2D eigenvalue weighted by molar-refractivity contribution is 0.432. The van der Waals surface area contributed by atoms with Crippen LogP contribution < -0.4 is 5.32 Å². The van der Waals surface area contributed by atoms with Crippen molar-refractivity contribution in [1.29, 1.82) is 0 Å². The van der Waals surface area contributed by atoms with E-state index in [0.717, 1.165) is 24.0 Å². The van der Waals surface area contributed by atoms with Gasteiger partial charge in [-0.3, -0.25) is 4.98 Å². The van der Waals surface area contributed by atoms with Crippen LogP contribution in [0, 0.1) is 5.41 Å². The van der Waals surface area contributed by atoms with Crippen LogP contribution in [-0.2, 0) is 12.8 Å². The van der Waals surface area contributed by atoms with Crippen molar-refractivity contribution in [2.24, 2.45) is 5.41 Å². The van der Waals surface area contributed by atoms with E-state index in [1.807, 2.05) is 0 Å². The number of aromatic nitrogens is 1. The molecule has 0 radical (unpaired) electrons. The van der Waals surface area contributed by atoms with E-state index in [1.54, 1.807) is 0 Å². The van der Waals surface area contributed by atoms with Gasteiger partial charge in [0.15, 0.2) is 0 Å². The third kappa shape index (κ3) is 2.21. The first-order chi connectivity index (χ1) is 11.3. The summed E-state index contributed by atoms with van der Waals surface area (Å²) in [7, 11) is 0. The minimum absolute atomic E-state index is 0.590. The third-order valence-corrected chi connectivity index (χ3v) is 5.53. The SMILES string of the molecule is c1ccc(Nc2c3c(nc4ccccc24)CC2(CC3)CC2)cc1. The summed E-state index contributed by atoms with van der Waals surface area (Å²) in [5.41, 5.74) is 6.88. The molecule has 1 spiro atoms. The Hall–Kier alpha value is -2.35. The van der Waals surface area contributed by atoms with Gasteiger partial charge in [0.25, 0.3) is 0 Å². The largest absolute Gasteiger partial charge is 0.355 e. The molecule has 1 N–H and O–H groups in total. The molecule has 2 heteroatoms. The van der Waals surface area contributed by atoms with E-state index in [1.165, 1.54) is 41.6 Å². The van der Waals surface area contributed by atoms with Crippen molar-refractivity contribution in [2.75, 3.05) is 5.32 Å². The number of hydrogen-bond donors (Lipinski definition) is 1. The van der Waals surface area contributed by atoms with Crippen LogP contribution in [0.1, 0.15) is 30.5 Å². The molecule has 0 saturated heterocycles. The van der Waals surface area contributed by atoms with Gasteiger partial charge in [-0.05, 0) is 61.3 Å². The van der Waals surface area contributed by atoms with Crippen molar-refractivity contribution < 1.29 is 0 Å². The van der Waals surface area contributed by atoms with Gasteiger partial charge in [-0.25, -0.2) is 0 Å². The summed E-state index contributed by atoms with van der Waals surface area (Å²) in [6.45, 7) is 0. The minimum atomic E-state index is 0.590. The first-order valence-electron chi connectivity index (χ1n) is 8.56. The highest BCUT2D eigenvalue weighted by Crippen LogP contribution is 2.55. The lowest BCUT2D eigenvalue weighted by Crippen LogP contribution is -2.18. The van der Waals surface area contributed by atoms with Crippen molar-refractivity contribution in [3.05, 3.63) is 65.9 Å². The zero-order valence-corrected chi connectivity index (χ0v) is 13.2. The minimum Gasteiger partial charge on any atom is -0.355 e. The number of nitrogens with zero attached hydrogens (tertiary/aromatic N) is 1. The summed E-state index contributed by atoms with van der Waals surface area (Å²) in [6.07, 6.45) is 6.42. The van der Waals surface area contributed by atoms with Crippen molar-refractivity contribution in [3.63, 3.8) is 0 Å². The Balaban J connectivity index is 1.69. The summed E-state index contributed by atoms with van der Waals surface area (Å²) >= 11 is 0. The van der Waals surface area contributed by atoms with Crippen LogP contribution in [0.3, 0.4) is 0 Å². The topological polar surface area (TPSA) is 24.9 Å². The molecule has 0 atom stereocenters. The molecule has 23 heavy (non-hydrogen) atoms. The molecular formula is C21H20N2. The number of pyridine rings is 1. The molecule has 0 bridgehead atoms. The van der Waals surface area contributed by atoms with Gasteiger partial charge in [-0.15, -0.1) is 0 Å². The summed E-state index contributed by atoms with van der Waals surface area (Å²) in [4.78, 5) is 5.01. The monoisotopic (exact) mass is 300 g/mol. The lowest BCUT2D eigenvalue weighted by Gasteiger charge is -2.27. The highest BCUT2D eigenvalue weighted by Gasteiger charge is 2.45. The maximum Gasteiger partial charge on any atom is 0.0726 e. The second-order valence-electron chi connectivity index (χ2n) is 7.10. The molecule has 3 aromatic rings. The quantitative estimate of drug-likeness (QED) is 0.699. The van der Waals surface area contributed by atoms with Crippen molar-refractivity contribution >= 4 is 22.3 Å². The molecule has 1 saturated carbocycles. The Morgan fingerprint density at radius 3 is 2.48 bits per heavy atom. The van der Waals surface area contributed by atoms with Crippen LogP contribution in [-0.4, -0.2) is 4.98 Å². The number of fused-ring (bicyclic) bond motifs is 2. The number of nitrogens with one attached hydrogen (secondary N) is 1. The molecule has 0 aliphatic heterocycles. The average Bonchev–Trinajstić information content (AvgIpc) is 3.34. The highest BCUT2D eigenvalue weighted by molar-refractivity contribution is 5.95. The first-order valence-corrected chi connectivity index (χ1v) is 8.56. The number of anilines is 2. The van der Waals surface area contributed by atoms with Gasteiger partial charge >= 0.3 is 0 Å². The second-order valence-corrected chi connectivity index (χ2v) is 7.10. The Kier molecular flexibility index (Phi) is 2.75. The molecule has 0 amide bonds. The van der Waals surface area contributed by atoms with Crippen molar-refractivity contribution in [1.82, 2.24) is 4.98 Å². The third-order valence-electron chi connectivity index (χ3n) is 5.53. The van der Waals surface area contributed by atoms with E-state index in [-0.39, 0.29) is 0 Å². The molecule has 1 heterocycles. The van der Waals surface area contributed by atoms with Crippen molar-refractivity contribution in [3.8, 4) is 0 Å². The van der Waals surface area contributed by atoms with Crippen LogP contribution in [0.2, 0.25) is 0 Å². The maximum atomic E-state index is 5.01. The average molecular weight is 300 g/mol. The van der Waals surface area contributed by atoms with E-state index in [0.29, 0.717) is 5.41 Å². The van der Waals surface area contributed by atoms with E-state index < -0.39 is 0 Å². The molecule has 2 aliphatic rings.